The Hall–Kier alpha value is -2.30. The molecule has 2 aromatic rings. The third kappa shape index (κ3) is 3.07. The Morgan fingerprint density at radius 2 is 2.10 bits per heavy atom. The molecule has 1 heterocycles. The molecule has 0 aliphatic carbocycles. The molecule has 2 atom stereocenters. The molecule has 2 N–H and O–H groups in total. The first-order valence-electron chi connectivity index (χ1n) is 7.03. The fourth-order valence-electron chi connectivity index (χ4n) is 2.29. The van der Waals surface area contributed by atoms with Gasteiger partial charge in [0.1, 0.15) is 6.04 Å². The van der Waals surface area contributed by atoms with Crippen LogP contribution in [0.5, 0.6) is 0 Å². The molecule has 2 unspecified atom stereocenters. The molecule has 5 nitrogen and oxygen atoms in total. The van der Waals surface area contributed by atoms with Crippen molar-refractivity contribution in [1.82, 2.24) is 10.3 Å². The van der Waals surface area contributed by atoms with Crippen molar-refractivity contribution >= 4 is 22.8 Å². The molecule has 1 amide bonds. The number of methoxy groups -OCH3 is 1. The van der Waals surface area contributed by atoms with Gasteiger partial charge in [-0.05, 0) is 18.1 Å². The zero-order chi connectivity index (χ0) is 15.4. The van der Waals surface area contributed by atoms with Crippen LogP contribution < -0.4 is 5.32 Å². The maximum absolute atomic E-state index is 12.5. The number of hydrogen-bond acceptors (Lipinski definition) is 3. The van der Waals surface area contributed by atoms with E-state index in [0.29, 0.717) is 5.56 Å². The van der Waals surface area contributed by atoms with Crippen LogP contribution in [0.15, 0.2) is 30.5 Å². The van der Waals surface area contributed by atoms with Crippen LogP contribution in [-0.2, 0) is 9.53 Å². The SMILES string of the molecule is CCC(C)C(NC(=O)c1cccc2cc[nH]c12)C(=O)OC. The van der Waals surface area contributed by atoms with E-state index in [9.17, 15) is 9.59 Å². The number of rotatable bonds is 5. The number of ether oxygens (including phenoxy) is 1. The normalized spacial score (nSPS) is 13.7. The van der Waals surface area contributed by atoms with Crippen molar-refractivity contribution in [3.05, 3.63) is 36.0 Å². The summed E-state index contributed by atoms with van der Waals surface area (Å²) in [6.45, 7) is 3.88. The number of hydrogen-bond donors (Lipinski definition) is 2. The monoisotopic (exact) mass is 288 g/mol. The molecular weight excluding hydrogens is 268 g/mol. The number of para-hydroxylation sites is 1. The zero-order valence-electron chi connectivity index (χ0n) is 12.5. The lowest BCUT2D eigenvalue weighted by atomic mass is 9.98. The van der Waals surface area contributed by atoms with Crippen LogP contribution in [0.4, 0.5) is 0 Å². The highest BCUT2D eigenvalue weighted by Crippen LogP contribution is 2.18. The molecular formula is C16H20N2O3. The Morgan fingerprint density at radius 3 is 2.76 bits per heavy atom. The first-order chi connectivity index (χ1) is 10.1. The van der Waals surface area contributed by atoms with E-state index in [-0.39, 0.29) is 11.8 Å². The summed E-state index contributed by atoms with van der Waals surface area (Å²) in [7, 11) is 1.33. The van der Waals surface area contributed by atoms with E-state index in [1.54, 1.807) is 12.3 Å². The zero-order valence-corrected chi connectivity index (χ0v) is 12.5. The fraction of sp³-hybridized carbons (Fsp3) is 0.375. The lowest BCUT2D eigenvalue weighted by molar-refractivity contribution is -0.144. The number of nitrogens with one attached hydrogen (secondary N) is 2. The van der Waals surface area contributed by atoms with Crippen molar-refractivity contribution in [1.29, 1.82) is 0 Å². The van der Waals surface area contributed by atoms with Gasteiger partial charge in [0.05, 0.1) is 18.2 Å². The maximum atomic E-state index is 12.5. The molecule has 1 aromatic carbocycles. The van der Waals surface area contributed by atoms with Gasteiger partial charge in [-0.25, -0.2) is 4.79 Å². The predicted molar refractivity (Wildman–Crippen MR) is 81.0 cm³/mol. The number of fused-ring (bicyclic) bond motifs is 1. The summed E-state index contributed by atoms with van der Waals surface area (Å²) in [6.07, 6.45) is 2.56. The fourth-order valence-corrected chi connectivity index (χ4v) is 2.29. The van der Waals surface area contributed by atoms with Crippen molar-refractivity contribution in [3.8, 4) is 0 Å². The predicted octanol–water partition coefficient (Wildman–Crippen LogP) is 2.49. The van der Waals surface area contributed by atoms with E-state index in [4.69, 9.17) is 4.74 Å². The number of carbonyl (C=O) groups excluding carboxylic acids is 2. The molecule has 0 saturated heterocycles. The first-order valence-corrected chi connectivity index (χ1v) is 7.03. The van der Waals surface area contributed by atoms with E-state index in [2.05, 4.69) is 10.3 Å². The van der Waals surface area contributed by atoms with Gasteiger partial charge < -0.3 is 15.0 Å². The Labute approximate surface area is 123 Å². The molecule has 0 spiro atoms. The summed E-state index contributed by atoms with van der Waals surface area (Å²) < 4.78 is 4.78. The Kier molecular flexibility index (Phi) is 4.62. The first kappa shape index (κ1) is 15.1. The van der Waals surface area contributed by atoms with Crippen molar-refractivity contribution < 1.29 is 14.3 Å². The largest absolute Gasteiger partial charge is 0.467 e. The van der Waals surface area contributed by atoms with Crippen LogP contribution in [0.25, 0.3) is 10.9 Å². The van der Waals surface area contributed by atoms with Crippen molar-refractivity contribution in [3.63, 3.8) is 0 Å². The lowest BCUT2D eigenvalue weighted by Crippen LogP contribution is -2.45. The molecule has 0 aliphatic rings. The summed E-state index contributed by atoms with van der Waals surface area (Å²) in [5, 5.41) is 3.74. The number of carbonyl (C=O) groups is 2. The van der Waals surface area contributed by atoms with Crippen molar-refractivity contribution in [2.24, 2.45) is 5.92 Å². The maximum Gasteiger partial charge on any atom is 0.328 e. The molecule has 0 saturated carbocycles. The van der Waals surface area contributed by atoms with E-state index >= 15 is 0 Å². The number of H-pyrrole nitrogens is 1. The van der Waals surface area contributed by atoms with Gasteiger partial charge in [0.25, 0.3) is 5.91 Å². The third-order valence-electron chi connectivity index (χ3n) is 3.79. The number of aromatic amines is 1. The average molecular weight is 288 g/mol. The molecule has 21 heavy (non-hydrogen) atoms. The second-order valence-corrected chi connectivity index (χ2v) is 5.11. The molecule has 0 radical (unpaired) electrons. The quantitative estimate of drug-likeness (QED) is 0.830. The number of benzene rings is 1. The number of amides is 1. The summed E-state index contributed by atoms with van der Waals surface area (Å²) in [6, 6.07) is 6.74. The highest BCUT2D eigenvalue weighted by Gasteiger charge is 2.27. The van der Waals surface area contributed by atoms with Gasteiger partial charge in [-0.3, -0.25) is 4.79 Å². The molecule has 2 rings (SSSR count). The van der Waals surface area contributed by atoms with Crippen molar-refractivity contribution in [2.45, 2.75) is 26.3 Å². The molecule has 1 aromatic heterocycles. The Bertz CT molecular complexity index is 648. The number of esters is 1. The highest BCUT2D eigenvalue weighted by molar-refractivity contribution is 6.06. The summed E-state index contributed by atoms with van der Waals surface area (Å²) in [5.74, 6) is -0.695. The van der Waals surface area contributed by atoms with Crippen LogP contribution in [0, 0.1) is 5.92 Å². The van der Waals surface area contributed by atoms with E-state index in [1.807, 2.05) is 32.0 Å². The second-order valence-electron chi connectivity index (χ2n) is 5.11. The van der Waals surface area contributed by atoms with Gasteiger partial charge in [-0.2, -0.15) is 0 Å². The van der Waals surface area contributed by atoms with Gasteiger partial charge in [0, 0.05) is 11.6 Å². The van der Waals surface area contributed by atoms with Gasteiger partial charge in [-0.1, -0.05) is 32.4 Å². The smallest absolute Gasteiger partial charge is 0.328 e. The second kappa shape index (κ2) is 6.43. The molecule has 0 aliphatic heterocycles. The van der Waals surface area contributed by atoms with E-state index in [0.717, 1.165) is 17.3 Å². The summed E-state index contributed by atoms with van der Waals surface area (Å²) in [5.41, 5.74) is 1.29. The summed E-state index contributed by atoms with van der Waals surface area (Å²) >= 11 is 0. The highest BCUT2D eigenvalue weighted by atomic mass is 16.5. The van der Waals surface area contributed by atoms with Crippen LogP contribution in [0.3, 0.4) is 0 Å². The summed E-state index contributed by atoms with van der Waals surface area (Å²) in [4.78, 5) is 27.4. The average Bonchev–Trinajstić information content (AvgIpc) is 2.99. The standard InChI is InChI=1S/C16H20N2O3/c1-4-10(2)13(16(20)21-3)18-15(19)12-7-5-6-11-8-9-17-14(11)12/h5-10,13,17H,4H2,1-3H3,(H,18,19). The van der Waals surface area contributed by atoms with Gasteiger partial charge in [-0.15, -0.1) is 0 Å². The minimum atomic E-state index is -0.641. The molecule has 0 fully saturated rings. The Balaban J connectivity index is 2.26. The Morgan fingerprint density at radius 1 is 1.33 bits per heavy atom. The lowest BCUT2D eigenvalue weighted by Gasteiger charge is -2.22. The minimum Gasteiger partial charge on any atom is -0.467 e. The van der Waals surface area contributed by atoms with Crippen LogP contribution >= 0.6 is 0 Å². The topological polar surface area (TPSA) is 71.2 Å². The number of aromatic nitrogens is 1. The van der Waals surface area contributed by atoms with Crippen LogP contribution in [0.2, 0.25) is 0 Å². The molecule has 0 bridgehead atoms. The van der Waals surface area contributed by atoms with Gasteiger partial charge in [0.15, 0.2) is 0 Å². The van der Waals surface area contributed by atoms with Crippen LogP contribution in [-0.4, -0.2) is 30.0 Å². The molecule has 112 valence electrons. The molecule has 5 heteroatoms. The van der Waals surface area contributed by atoms with Gasteiger partial charge >= 0.3 is 5.97 Å². The van der Waals surface area contributed by atoms with E-state index in [1.165, 1.54) is 7.11 Å². The van der Waals surface area contributed by atoms with Crippen LogP contribution in [0.1, 0.15) is 30.6 Å². The third-order valence-corrected chi connectivity index (χ3v) is 3.79. The van der Waals surface area contributed by atoms with E-state index < -0.39 is 12.0 Å². The van der Waals surface area contributed by atoms with Crippen molar-refractivity contribution in [2.75, 3.05) is 7.11 Å². The van der Waals surface area contributed by atoms with Gasteiger partial charge in [0.2, 0.25) is 0 Å². The minimum absolute atomic E-state index is 0.00393.